The first-order valence-electron chi connectivity index (χ1n) is 46.4. The number of fused-ring (bicyclic) bond motifs is 6. The Labute approximate surface area is 802 Å². The molecule has 0 atom stereocenters. The number of aromatic nitrogens is 13. The average molecular weight is 1780 g/mol. The van der Waals surface area contributed by atoms with Gasteiger partial charge in [-0.25, -0.2) is 59.8 Å². The average Bonchev–Trinajstić information content (AvgIpc) is 0.734. The minimum atomic E-state index is -0.126. The van der Waals surface area contributed by atoms with Gasteiger partial charge in [-0.2, -0.15) is 0 Å². The summed E-state index contributed by atoms with van der Waals surface area (Å²) in [7, 11) is 0. The second-order valence-electron chi connectivity index (χ2n) is 35.8. The second-order valence-corrected chi connectivity index (χ2v) is 35.8. The first-order valence-corrected chi connectivity index (χ1v) is 46.4. The zero-order valence-electron chi connectivity index (χ0n) is 76.9. The van der Waals surface area contributed by atoms with E-state index in [1.807, 2.05) is 188 Å². The maximum absolute atomic E-state index is 5.04. The fourth-order valence-corrected chi connectivity index (χ4v) is 19.0. The predicted molar refractivity (Wildman–Crippen MR) is 556 cm³/mol. The lowest BCUT2D eigenvalue weighted by Crippen LogP contribution is -2.30. The Morgan fingerprint density at radius 1 is 0.152 bits per heavy atom. The summed E-state index contributed by atoms with van der Waals surface area (Å²) in [4.78, 5) is 70.8. The highest BCUT2D eigenvalue weighted by Gasteiger charge is 2.40. The van der Waals surface area contributed by atoms with E-state index in [2.05, 4.69) is 316 Å². The van der Waals surface area contributed by atoms with Crippen molar-refractivity contribution in [2.45, 2.75) is 57.8 Å². The van der Waals surface area contributed by atoms with Gasteiger partial charge in [0.25, 0.3) is 0 Å². The number of nitrogens with zero attached hydrogens (tertiary/aromatic N) is 16. The number of benzene rings is 15. The van der Waals surface area contributed by atoms with E-state index in [4.69, 9.17) is 59.8 Å². The van der Waals surface area contributed by atoms with Crippen LogP contribution in [0.5, 0.6) is 0 Å². The lowest BCUT2D eigenvalue weighted by Gasteiger charge is -2.42. The summed E-state index contributed by atoms with van der Waals surface area (Å²) in [6, 6.07) is 152. The normalized spacial score (nSPS) is 13.1. The molecule has 3 aliphatic rings. The molecule has 0 saturated carbocycles. The fourth-order valence-electron chi connectivity index (χ4n) is 19.0. The van der Waals surface area contributed by atoms with Gasteiger partial charge in [0.15, 0.2) is 52.4 Å². The van der Waals surface area contributed by atoms with Crippen LogP contribution in [0, 0.1) is 0 Å². The van der Waals surface area contributed by atoms with E-state index < -0.39 is 0 Å². The Morgan fingerprint density at radius 3 is 0.659 bits per heavy atom. The topological polar surface area (TPSA) is 177 Å². The third kappa shape index (κ3) is 16.6. The molecule has 9 heterocycles. The summed E-state index contributed by atoms with van der Waals surface area (Å²) >= 11 is 0. The van der Waals surface area contributed by atoms with Crippen molar-refractivity contribution in [3.8, 4) is 137 Å². The molecule has 16 nitrogen and oxygen atoms in total. The number of para-hydroxylation sites is 6. The maximum atomic E-state index is 5.04. The van der Waals surface area contributed by atoms with E-state index in [1.165, 1.54) is 67.5 Å². The van der Waals surface area contributed by atoms with Crippen LogP contribution in [0.4, 0.5) is 51.2 Å². The molecular weight excluding hydrogens is 1690 g/mol. The van der Waals surface area contributed by atoms with E-state index in [-0.39, 0.29) is 16.2 Å². The first-order chi connectivity index (χ1) is 67.7. The van der Waals surface area contributed by atoms with Crippen molar-refractivity contribution in [1.29, 1.82) is 0 Å². The zero-order valence-corrected chi connectivity index (χ0v) is 76.9. The van der Waals surface area contributed by atoms with E-state index in [0.717, 1.165) is 84.2 Å². The van der Waals surface area contributed by atoms with Crippen LogP contribution in [0.2, 0.25) is 0 Å². The van der Waals surface area contributed by atoms with Crippen LogP contribution in [0.15, 0.2) is 449 Å². The quantitative estimate of drug-likeness (QED) is 0.0946. The van der Waals surface area contributed by atoms with Crippen molar-refractivity contribution in [2.24, 2.45) is 0 Å². The summed E-state index contributed by atoms with van der Waals surface area (Å²) in [5, 5.41) is 0. The Morgan fingerprint density at radius 2 is 0.370 bits per heavy atom. The molecule has 0 aliphatic carbocycles. The van der Waals surface area contributed by atoms with Crippen molar-refractivity contribution < 1.29 is 0 Å². The molecule has 21 aromatic rings. The Bertz CT molecular complexity index is 7750. The highest BCUT2D eigenvalue weighted by molar-refractivity contribution is 5.91. The molecule has 0 N–H and O–H groups in total. The molecule has 0 amide bonds. The molecule has 0 fully saturated rings. The SMILES string of the molecule is CC1(C)c2ccccc2N(c2ccc(-c3nc(-c4ccccc4)nc(-c4cccc(-c5ccccc5)n4)n3)cc2)c2ccccc21.CC1(C)c2ccccc2N(c2ccc(-c3nc(-c4ccccc4)nc(-c4ccccn4)n3)cc2)c2ccccc21.CC1(C)c2ccccc2N(c2ccc(-c3nc(-c4ccccc4)nc(-c4nc(-c5ccccc5)cc(-c5ccccc5)n4)n3)cc2)c2ccccc21. The van der Waals surface area contributed by atoms with Crippen LogP contribution in [-0.2, 0) is 16.2 Å². The molecule has 138 heavy (non-hydrogen) atoms. The molecule has 3 aliphatic heterocycles. The predicted octanol–water partition coefficient (Wildman–Crippen LogP) is 29.5. The fraction of sp³-hybridized carbons (Fsp3) is 0.0738. The highest BCUT2D eigenvalue weighted by atomic mass is 15.2. The van der Waals surface area contributed by atoms with Crippen LogP contribution in [-0.4, -0.2) is 64.8 Å². The van der Waals surface area contributed by atoms with Crippen LogP contribution in [0.3, 0.4) is 0 Å². The summed E-state index contributed by atoms with van der Waals surface area (Å²) < 4.78 is 0. The van der Waals surface area contributed by atoms with Crippen molar-refractivity contribution in [1.82, 2.24) is 64.8 Å². The van der Waals surface area contributed by atoms with Crippen LogP contribution in [0.25, 0.3) is 137 Å². The number of hydrogen-bond donors (Lipinski definition) is 0. The molecule has 24 rings (SSSR count). The monoisotopic (exact) mass is 1780 g/mol. The molecular formula is C122H92N16. The van der Waals surface area contributed by atoms with E-state index in [1.54, 1.807) is 6.20 Å². The molecule has 16 heteroatoms. The van der Waals surface area contributed by atoms with Gasteiger partial charge in [-0.15, -0.1) is 0 Å². The van der Waals surface area contributed by atoms with Gasteiger partial charge in [-0.1, -0.05) is 345 Å². The number of rotatable bonds is 15. The minimum Gasteiger partial charge on any atom is -0.310 e. The highest BCUT2D eigenvalue weighted by Crippen LogP contribution is 2.56. The van der Waals surface area contributed by atoms with Gasteiger partial charge >= 0.3 is 0 Å². The van der Waals surface area contributed by atoms with Crippen LogP contribution in [0.1, 0.15) is 74.9 Å². The van der Waals surface area contributed by atoms with Gasteiger partial charge < -0.3 is 14.7 Å². The standard InChI is InChI=1S/C46H34N6.C41H31N5.C35H27N5/c1-46(2)36-22-12-14-24-40(36)52(41-25-15-13-23-37(41)46)35-28-26-34(27-29-35)43-49-42(33-20-10-5-11-21-33)50-45(51-43)44-47-38(31-16-6-3-7-17-31)30-39(48-44)32-18-8-4-9-19-32;1-41(2)32-18-9-11-22-36(32)46(37-23-12-10-19-33(37)41)31-26-24-30(25-27-31)39-43-38(29-16-7-4-8-17-29)44-40(45-39)35-21-13-20-34(42-35)28-14-5-3-6-15-28;1-35(2)27-14-6-8-17-30(27)40(31-18-9-7-15-28(31)35)26-21-19-25(20-22-26)33-37-32(24-12-4-3-5-13-24)38-34(39-33)29-16-10-11-23-36-29/h3-30H,1-2H3;3-27H,1-2H3;3-23H,1-2H3. The summed E-state index contributed by atoms with van der Waals surface area (Å²) in [5.74, 6) is 5.47. The van der Waals surface area contributed by atoms with Crippen molar-refractivity contribution in [3.63, 3.8) is 0 Å². The molecule has 0 spiro atoms. The molecule has 15 aromatic carbocycles. The largest absolute Gasteiger partial charge is 0.310 e. The van der Waals surface area contributed by atoms with Gasteiger partial charge in [0, 0.05) is 89.6 Å². The maximum Gasteiger partial charge on any atom is 0.201 e. The third-order valence-corrected chi connectivity index (χ3v) is 26.1. The molecule has 0 radical (unpaired) electrons. The molecule has 660 valence electrons. The van der Waals surface area contributed by atoms with E-state index >= 15 is 0 Å². The second kappa shape index (κ2) is 36.6. The third-order valence-electron chi connectivity index (χ3n) is 26.1. The number of hydrogen-bond acceptors (Lipinski definition) is 16. The smallest absolute Gasteiger partial charge is 0.201 e. The van der Waals surface area contributed by atoms with Gasteiger partial charge in [-0.3, -0.25) is 4.98 Å². The van der Waals surface area contributed by atoms with Gasteiger partial charge in [-0.05, 0) is 173 Å². The van der Waals surface area contributed by atoms with Gasteiger partial charge in [0.2, 0.25) is 5.82 Å². The lowest BCUT2D eigenvalue weighted by molar-refractivity contribution is 0.632. The Kier molecular flexibility index (Phi) is 22.7. The number of pyridine rings is 2. The van der Waals surface area contributed by atoms with E-state index in [0.29, 0.717) is 69.6 Å². The van der Waals surface area contributed by atoms with Crippen molar-refractivity contribution >= 4 is 51.2 Å². The summed E-state index contributed by atoms with van der Waals surface area (Å²) in [6.45, 7) is 13.8. The summed E-state index contributed by atoms with van der Waals surface area (Å²) in [5.41, 5.74) is 30.2. The van der Waals surface area contributed by atoms with Crippen LogP contribution < -0.4 is 14.7 Å². The number of anilines is 9. The minimum absolute atomic E-state index is 0.0930. The van der Waals surface area contributed by atoms with Gasteiger partial charge in [0.1, 0.15) is 11.4 Å². The summed E-state index contributed by atoms with van der Waals surface area (Å²) in [6.07, 6.45) is 1.76. The van der Waals surface area contributed by atoms with Gasteiger partial charge in [0.05, 0.1) is 51.2 Å². The Balaban J connectivity index is 0.000000121. The van der Waals surface area contributed by atoms with E-state index in [9.17, 15) is 0 Å². The molecule has 6 aromatic heterocycles. The first kappa shape index (κ1) is 85.6. The van der Waals surface area contributed by atoms with Crippen molar-refractivity contribution in [2.75, 3.05) is 14.7 Å². The van der Waals surface area contributed by atoms with Crippen molar-refractivity contribution in [3.05, 3.63) is 482 Å². The lowest BCUT2D eigenvalue weighted by atomic mass is 9.73. The zero-order chi connectivity index (χ0) is 93.3. The molecule has 0 saturated heterocycles. The molecule has 0 bridgehead atoms. The Hall–Kier alpha value is -17.9. The van der Waals surface area contributed by atoms with Crippen LogP contribution >= 0.6 is 0 Å². The molecule has 0 unspecified atom stereocenters.